The lowest BCUT2D eigenvalue weighted by molar-refractivity contribution is -0.0393. The Labute approximate surface area is 331 Å². The third kappa shape index (κ3) is 4.41. The van der Waals surface area contributed by atoms with Gasteiger partial charge in [-0.25, -0.2) is 15.0 Å². The van der Waals surface area contributed by atoms with Gasteiger partial charge >= 0.3 is 0 Å². The highest BCUT2D eigenvalue weighted by Crippen LogP contribution is 2.70. The number of rotatable bonds is 4. The number of hydrogen-bond donors (Lipinski definition) is 0. The third-order valence-corrected chi connectivity index (χ3v) is 14.4. The zero-order chi connectivity index (χ0) is 37.2. The lowest BCUT2D eigenvalue weighted by Gasteiger charge is -2.61. The Morgan fingerprint density at radius 3 is 1.89 bits per heavy atom. The number of benzene rings is 7. The Hall–Kier alpha value is -6.39. The number of aromatic nitrogens is 4. The first kappa shape index (κ1) is 31.8. The first-order chi connectivity index (χ1) is 28.2. The van der Waals surface area contributed by atoms with Crippen LogP contribution >= 0.6 is 0 Å². The Morgan fingerprint density at radius 2 is 1.11 bits per heavy atom. The summed E-state index contributed by atoms with van der Waals surface area (Å²) in [6, 6.07) is 57.4. The van der Waals surface area contributed by atoms with Crippen LogP contribution in [-0.2, 0) is 5.41 Å². The molecule has 4 saturated carbocycles. The van der Waals surface area contributed by atoms with Crippen LogP contribution in [0.2, 0.25) is 0 Å². The highest BCUT2D eigenvalue weighted by Gasteiger charge is 2.62. The van der Waals surface area contributed by atoms with Gasteiger partial charge in [0, 0.05) is 38.6 Å². The molecular formula is C53H40N4. The van der Waals surface area contributed by atoms with Gasteiger partial charge in [0.1, 0.15) is 0 Å². The van der Waals surface area contributed by atoms with E-state index in [9.17, 15) is 0 Å². The van der Waals surface area contributed by atoms with Crippen molar-refractivity contribution >= 4 is 32.6 Å². The first-order valence-corrected chi connectivity index (χ1v) is 20.8. The molecule has 4 nitrogen and oxygen atoms in total. The maximum absolute atomic E-state index is 5.46. The van der Waals surface area contributed by atoms with E-state index < -0.39 is 0 Å². The van der Waals surface area contributed by atoms with Crippen molar-refractivity contribution in [3.63, 3.8) is 0 Å². The fourth-order valence-corrected chi connectivity index (χ4v) is 12.5. The highest BCUT2D eigenvalue weighted by molar-refractivity contribution is 6.10. The fraction of sp³-hybridized carbons (Fsp3) is 0.189. The van der Waals surface area contributed by atoms with Crippen LogP contribution in [0.15, 0.2) is 158 Å². The smallest absolute Gasteiger partial charge is 0.164 e. The van der Waals surface area contributed by atoms with Gasteiger partial charge in [0.2, 0.25) is 0 Å². The lowest BCUT2D eigenvalue weighted by atomic mass is 9.43. The van der Waals surface area contributed by atoms with Gasteiger partial charge in [0.25, 0.3) is 0 Å². The molecule has 0 radical (unpaired) electrons. The van der Waals surface area contributed by atoms with Crippen LogP contribution in [0.4, 0.5) is 0 Å². The van der Waals surface area contributed by atoms with Crippen molar-refractivity contribution in [2.24, 2.45) is 23.7 Å². The summed E-state index contributed by atoms with van der Waals surface area (Å²) < 4.78 is 2.36. The van der Waals surface area contributed by atoms with Crippen LogP contribution in [0.3, 0.4) is 0 Å². The van der Waals surface area contributed by atoms with E-state index in [1.807, 2.05) is 0 Å². The van der Waals surface area contributed by atoms with Gasteiger partial charge in [-0.15, -0.1) is 0 Å². The minimum Gasteiger partial charge on any atom is -0.309 e. The number of hydrogen-bond acceptors (Lipinski definition) is 3. The molecule has 4 bridgehead atoms. The van der Waals surface area contributed by atoms with Crippen molar-refractivity contribution in [3.8, 4) is 51.0 Å². The van der Waals surface area contributed by atoms with Crippen LogP contribution in [0.25, 0.3) is 83.6 Å². The molecule has 2 heterocycles. The van der Waals surface area contributed by atoms with Crippen molar-refractivity contribution in [2.45, 2.75) is 37.5 Å². The van der Waals surface area contributed by atoms with Crippen molar-refractivity contribution in [1.82, 2.24) is 19.5 Å². The molecule has 4 fully saturated rings. The highest BCUT2D eigenvalue weighted by atomic mass is 15.0. The van der Waals surface area contributed by atoms with Gasteiger partial charge in [-0.05, 0) is 125 Å². The zero-order valence-electron chi connectivity index (χ0n) is 31.6. The second-order valence-electron chi connectivity index (χ2n) is 17.2. The van der Waals surface area contributed by atoms with Gasteiger partial charge in [0.15, 0.2) is 17.5 Å². The second-order valence-corrected chi connectivity index (χ2v) is 17.2. The van der Waals surface area contributed by atoms with Gasteiger partial charge in [-0.3, -0.25) is 0 Å². The van der Waals surface area contributed by atoms with Gasteiger partial charge in [-0.2, -0.15) is 0 Å². The van der Waals surface area contributed by atoms with Crippen LogP contribution in [0, 0.1) is 23.7 Å². The fourth-order valence-electron chi connectivity index (χ4n) is 12.5. The Kier molecular flexibility index (Phi) is 6.59. The van der Waals surface area contributed by atoms with Crippen LogP contribution in [0.1, 0.15) is 43.2 Å². The molecule has 7 aromatic carbocycles. The Balaban J connectivity index is 1.06. The standard InChI is InChI=1S/C53H40N4/c1-3-13-35(14-4-1)50-54-51(36-23-25-47-44(31-36)41-18-9-10-21-46(41)57(47)39-15-5-2-6-16-39)56-52(55-50)43-19-11-20-45-48(43)42-24-22-34-12-7-8-17-40(34)49(42)53(45)37-27-32-26-33(29-37)30-38(53)28-32/h1-25,31-33,37-38H,26-30H2. The van der Waals surface area contributed by atoms with Gasteiger partial charge in [0.05, 0.1) is 11.0 Å². The van der Waals surface area contributed by atoms with Crippen molar-refractivity contribution in [1.29, 1.82) is 0 Å². The van der Waals surface area contributed by atoms with Crippen LogP contribution < -0.4 is 0 Å². The average molecular weight is 733 g/mol. The molecule has 0 atom stereocenters. The lowest BCUT2D eigenvalue weighted by Crippen LogP contribution is -2.55. The normalized spacial score (nSPS) is 22.8. The average Bonchev–Trinajstić information content (AvgIpc) is 3.76. The molecule has 0 N–H and O–H groups in total. The third-order valence-electron chi connectivity index (χ3n) is 14.4. The SMILES string of the molecule is c1ccc(-c2nc(-c3ccc4c(c3)c3ccccc3n4-c3ccccc3)nc(-c3cccc4c3-c3ccc5ccccc5c3C43C4CC5CC(C4)CC3C5)n2)cc1. The molecule has 2 aromatic heterocycles. The maximum Gasteiger partial charge on any atom is 0.164 e. The summed E-state index contributed by atoms with van der Waals surface area (Å²) in [6.07, 6.45) is 6.81. The molecule has 5 aliphatic carbocycles. The maximum atomic E-state index is 5.46. The van der Waals surface area contributed by atoms with Crippen LogP contribution in [0.5, 0.6) is 0 Å². The summed E-state index contributed by atoms with van der Waals surface area (Å²) >= 11 is 0. The number of nitrogens with zero attached hydrogens (tertiary/aromatic N) is 4. The van der Waals surface area contributed by atoms with Crippen LogP contribution in [-0.4, -0.2) is 19.5 Å². The molecule has 0 aliphatic heterocycles. The van der Waals surface area contributed by atoms with E-state index in [4.69, 9.17) is 15.0 Å². The Morgan fingerprint density at radius 1 is 0.456 bits per heavy atom. The molecule has 14 rings (SSSR count). The molecular weight excluding hydrogens is 693 g/mol. The van der Waals surface area contributed by atoms with E-state index >= 15 is 0 Å². The molecule has 0 saturated heterocycles. The van der Waals surface area contributed by atoms with Gasteiger partial charge in [-0.1, -0.05) is 121 Å². The zero-order valence-corrected chi connectivity index (χ0v) is 31.6. The summed E-state index contributed by atoms with van der Waals surface area (Å²) in [5.41, 5.74) is 12.4. The topological polar surface area (TPSA) is 43.6 Å². The van der Waals surface area contributed by atoms with Crippen molar-refractivity contribution < 1.29 is 0 Å². The van der Waals surface area contributed by atoms with E-state index in [0.717, 1.165) is 45.6 Å². The van der Waals surface area contributed by atoms with E-state index in [2.05, 4.69) is 162 Å². The van der Waals surface area contributed by atoms with Crippen molar-refractivity contribution in [2.75, 3.05) is 0 Å². The molecule has 5 aliphatic rings. The summed E-state index contributed by atoms with van der Waals surface area (Å²) in [7, 11) is 0. The van der Waals surface area contributed by atoms with Gasteiger partial charge < -0.3 is 4.57 Å². The summed E-state index contributed by atoms with van der Waals surface area (Å²) in [4.78, 5) is 16.1. The first-order valence-electron chi connectivity index (χ1n) is 20.8. The predicted octanol–water partition coefficient (Wildman–Crippen LogP) is 12.8. The quantitative estimate of drug-likeness (QED) is 0.181. The molecule has 4 heteroatoms. The monoisotopic (exact) mass is 732 g/mol. The predicted molar refractivity (Wildman–Crippen MR) is 231 cm³/mol. The van der Waals surface area contributed by atoms with Crippen molar-refractivity contribution in [3.05, 3.63) is 169 Å². The summed E-state index contributed by atoms with van der Waals surface area (Å²) in [6.45, 7) is 0. The summed E-state index contributed by atoms with van der Waals surface area (Å²) in [5.74, 6) is 5.20. The summed E-state index contributed by atoms with van der Waals surface area (Å²) in [5, 5.41) is 5.16. The largest absolute Gasteiger partial charge is 0.309 e. The van der Waals surface area contributed by atoms with E-state index in [0.29, 0.717) is 23.5 Å². The number of fused-ring (bicyclic) bond motifs is 8. The van der Waals surface area contributed by atoms with E-state index in [1.54, 1.807) is 5.56 Å². The molecule has 57 heavy (non-hydrogen) atoms. The molecule has 1 spiro atoms. The molecule has 0 unspecified atom stereocenters. The molecule has 0 amide bonds. The second kappa shape index (κ2) is 11.8. The minimum absolute atomic E-state index is 0.0189. The van der Waals surface area contributed by atoms with E-state index in [1.165, 1.54) is 75.9 Å². The molecule has 9 aromatic rings. The van der Waals surface area contributed by atoms with E-state index in [-0.39, 0.29) is 5.41 Å². The minimum atomic E-state index is 0.0189. The Bertz CT molecular complexity index is 3060. The molecule has 272 valence electrons. The number of para-hydroxylation sites is 2.